The van der Waals surface area contributed by atoms with Crippen LogP contribution in [-0.2, 0) is 9.53 Å². The average Bonchev–Trinajstić information content (AvgIpc) is 2.30. The number of carbonyl (C=O) groups excluding carboxylic acids is 1. The van der Waals surface area contributed by atoms with E-state index in [1.165, 1.54) is 0 Å². The molecule has 73 valence electrons. The smallest absolute Gasteiger partial charge is 0.233 e. The molecule has 4 nitrogen and oxygen atoms in total. The molecule has 0 atom stereocenters. The van der Waals surface area contributed by atoms with Crippen LogP contribution in [-0.4, -0.2) is 37.6 Å². The van der Waals surface area contributed by atoms with Gasteiger partial charge < -0.3 is 9.64 Å². The third-order valence-corrected chi connectivity index (χ3v) is 2.20. The van der Waals surface area contributed by atoms with Crippen LogP contribution in [0.5, 0.6) is 0 Å². The van der Waals surface area contributed by atoms with Crippen LogP contribution in [0.15, 0.2) is 18.3 Å². The van der Waals surface area contributed by atoms with Crippen molar-refractivity contribution in [3.63, 3.8) is 0 Å². The van der Waals surface area contributed by atoms with Crippen LogP contribution in [0.4, 0.5) is 5.82 Å². The maximum absolute atomic E-state index is 10.4. The predicted octanol–water partition coefficient (Wildman–Crippen LogP) is 0.376. The van der Waals surface area contributed by atoms with Gasteiger partial charge in [0.2, 0.25) is 6.29 Å². The topological polar surface area (TPSA) is 42.4 Å². The second kappa shape index (κ2) is 4.19. The summed E-state index contributed by atoms with van der Waals surface area (Å²) in [6, 6.07) is 3.40. The standard InChI is InChI=1S/C10H11N2O2/c13-8-9-1-2-11-10(7-9)12-3-5-14-6-4-12/h1-2,7H,3-6H2. The molecule has 0 bridgehead atoms. The molecule has 1 aromatic rings. The van der Waals surface area contributed by atoms with E-state index in [2.05, 4.69) is 9.88 Å². The average molecular weight is 191 g/mol. The van der Waals surface area contributed by atoms with E-state index in [9.17, 15) is 4.79 Å². The number of nitrogens with zero attached hydrogens (tertiary/aromatic N) is 2. The maximum Gasteiger partial charge on any atom is 0.233 e. The summed E-state index contributed by atoms with van der Waals surface area (Å²) in [4.78, 5) is 16.7. The van der Waals surface area contributed by atoms with Crippen LogP contribution in [0.3, 0.4) is 0 Å². The van der Waals surface area contributed by atoms with Crippen LogP contribution in [0.2, 0.25) is 0 Å². The van der Waals surface area contributed by atoms with E-state index in [0.29, 0.717) is 5.56 Å². The van der Waals surface area contributed by atoms with Gasteiger partial charge in [-0.3, -0.25) is 4.79 Å². The van der Waals surface area contributed by atoms with Gasteiger partial charge in [0.25, 0.3) is 0 Å². The van der Waals surface area contributed by atoms with Gasteiger partial charge in [-0.2, -0.15) is 0 Å². The summed E-state index contributed by atoms with van der Waals surface area (Å²) in [7, 11) is 0. The van der Waals surface area contributed by atoms with Gasteiger partial charge in [-0.15, -0.1) is 0 Å². The molecule has 0 saturated carbocycles. The molecule has 1 aromatic heterocycles. The first-order valence-electron chi connectivity index (χ1n) is 4.57. The van der Waals surface area contributed by atoms with Crippen molar-refractivity contribution in [3.05, 3.63) is 23.9 Å². The minimum absolute atomic E-state index is 0.543. The van der Waals surface area contributed by atoms with Crippen LogP contribution in [0.25, 0.3) is 0 Å². The lowest BCUT2D eigenvalue weighted by Crippen LogP contribution is -2.36. The highest BCUT2D eigenvalue weighted by atomic mass is 16.5. The summed E-state index contributed by atoms with van der Waals surface area (Å²) in [5.41, 5.74) is 0.543. The summed E-state index contributed by atoms with van der Waals surface area (Å²) < 4.78 is 5.23. The Balaban J connectivity index is 2.17. The van der Waals surface area contributed by atoms with Crippen LogP contribution in [0.1, 0.15) is 5.56 Å². The van der Waals surface area contributed by atoms with Gasteiger partial charge in [0.1, 0.15) is 5.82 Å². The first-order chi connectivity index (χ1) is 6.90. The summed E-state index contributed by atoms with van der Waals surface area (Å²) in [6.07, 6.45) is 3.49. The number of aromatic nitrogens is 1. The Kier molecular flexibility index (Phi) is 2.74. The zero-order valence-electron chi connectivity index (χ0n) is 7.77. The van der Waals surface area contributed by atoms with E-state index in [-0.39, 0.29) is 0 Å². The Morgan fingerprint density at radius 3 is 2.93 bits per heavy atom. The van der Waals surface area contributed by atoms with E-state index in [4.69, 9.17) is 4.74 Å². The molecule has 1 saturated heterocycles. The minimum Gasteiger partial charge on any atom is -0.378 e. The quantitative estimate of drug-likeness (QED) is 0.677. The van der Waals surface area contributed by atoms with Gasteiger partial charge in [-0.25, -0.2) is 4.98 Å². The predicted molar refractivity (Wildman–Crippen MR) is 52.1 cm³/mol. The normalized spacial score (nSPS) is 16.7. The second-order valence-electron chi connectivity index (χ2n) is 3.10. The van der Waals surface area contributed by atoms with Gasteiger partial charge in [-0.05, 0) is 12.1 Å². The van der Waals surface area contributed by atoms with E-state index in [1.54, 1.807) is 18.3 Å². The van der Waals surface area contributed by atoms with Gasteiger partial charge in [0, 0.05) is 24.8 Å². The number of ether oxygens (including phenoxy) is 1. The second-order valence-corrected chi connectivity index (χ2v) is 3.10. The Morgan fingerprint density at radius 1 is 1.43 bits per heavy atom. The molecule has 0 spiro atoms. The molecule has 0 amide bonds. The molecule has 14 heavy (non-hydrogen) atoms. The molecule has 0 N–H and O–H groups in total. The molecule has 0 aromatic carbocycles. The molecule has 4 heteroatoms. The van der Waals surface area contributed by atoms with Crippen molar-refractivity contribution in [1.82, 2.24) is 4.98 Å². The van der Waals surface area contributed by atoms with Crippen LogP contribution in [0, 0.1) is 0 Å². The lowest BCUT2D eigenvalue weighted by molar-refractivity contribution is 0.122. The zero-order chi connectivity index (χ0) is 9.80. The molecule has 0 aliphatic carbocycles. The van der Waals surface area contributed by atoms with Crippen molar-refractivity contribution >= 4 is 12.1 Å². The summed E-state index contributed by atoms with van der Waals surface area (Å²) >= 11 is 0. The highest BCUT2D eigenvalue weighted by Crippen LogP contribution is 2.12. The monoisotopic (exact) mass is 191 g/mol. The molecule has 1 aliphatic heterocycles. The van der Waals surface area contributed by atoms with Gasteiger partial charge >= 0.3 is 0 Å². The molecule has 2 rings (SSSR count). The first kappa shape index (κ1) is 9.15. The largest absolute Gasteiger partial charge is 0.378 e. The van der Waals surface area contributed by atoms with Gasteiger partial charge in [-0.1, -0.05) is 0 Å². The third kappa shape index (κ3) is 1.90. The minimum atomic E-state index is 0.543. The molecule has 1 fully saturated rings. The number of morpholine rings is 1. The highest BCUT2D eigenvalue weighted by Gasteiger charge is 2.12. The SMILES string of the molecule is O=[C]c1ccnc(N2CCOCC2)c1. The summed E-state index contributed by atoms with van der Waals surface area (Å²) in [6.45, 7) is 3.10. The number of hydrogen-bond acceptors (Lipinski definition) is 4. The van der Waals surface area contributed by atoms with Gasteiger partial charge in [0.15, 0.2) is 0 Å². The molecule has 2 heterocycles. The van der Waals surface area contributed by atoms with E-state index in [1.807, 2.05) is 6.29 Å². The Bertz CT molecular complexity index is 322. The van der Waals surface area contributed by atoms with Gasteiger partial charge in [0.05, 0.1) is 13.2 Å². The Morgan fingerprint density at radius 2 is 2.21 bits per heavy atom. The number of pyridine rings is 1. The highest BCUT2D eigenvalue weighted by molar-refractivity contribution is 5.76. The van der Waals surface area contributed by atoms with Crippen molar-refractivity contribution in [2.24, 2.45) is 0 Å². The fourth-order valence-corrected chi connectivity index (χ4v) is 1.45. The third-order valence-electron chi connectivity index (χ3n) is 2.20. The van der Waals surface area contributed by atoms with Crippen molar-refractivity contribution in [2.75, 3.05) is 31.2 Å². The van der Waals surface area contributed by atoms with Crippen LogP contribution >= 0.6 is 0 Å². The molecule has 1 aliphatic rings. The van der Waals surface area contributed by atoms with Crippen molar-refractivity contribution < 1.29 is 9.53 Å². The molecule has 0 unspecified atom stereocenters. The first-order valence-corrected chi connectivity index (χ1v) is 4.57. The van der Waals surface area contributed by atoms with Crippen molar-refractivity contribution in [3.8, 4) is 0 Å². The number of hydrogen-bond donors (Lipinski definition) is 0. The van der Waals surface area contributed by atoms with E-state index >= 15 is 0 Å². The fourth-order valence-electron chi connectivity index (χ4n) is 1.45. The molecular weight excluding hydrogens is 180 g/mol. The lowest BCUT2D eigenvalue weighted by Gasteiger charge is -2.27. The Labute approximate surface area is 82.5 Å². The van der Waals surface area contributed by atoms with E-state index in [0.717, 1.165) is 32.1 Å². The van der Waals surface area contributed by atoms with Crippen LogP contribution < -0.4 is 4.90 Å². The lowest BCUT2D eigenvalue weighted by atomic mass is 10.2. The molecular formula is C10H11N2O2. The van der Waals surface area contributed by atoms with Crippen molar-refractivity contribution in [1.29, 1.82) is 0 Å². The van der Waals surface area contributed by atoms with Crippen molar-refractivity contribution in [2.45, 2.75) is 0 Å². The Hall–Kier alpha value is -1.42. The molecule has 1 radical (unpaired) electrons. The summed E-state index contributed by atoms with van der Waals surface area (Å²) in [5, 5.41) is 0. The zero-order valence-corrected chi connectivity index (χ0v) is 7.77. The number of anilines is 1. The fraction of sp³-hybridized carbons (Fsp3) is 0.400. The maximum atomic E-state index is 10.4. The number of rotatable bonds is 2. The summed E-state index contributed by atoms with van der Waals surface area (Å²) in [5.74, 6) is 0.828. The van der Waals surface area contributed by atoms with E-state index < -0.39 is 0 Å².